The Morgan fingerprint density at radius 2 is 2.03 bits per heavy atom. The van der Waals surface area contributed by atoms with Gasteiger partial charge in [0.2, 0.25) is 15.9 Å². The zero-order chi connectivity index (χ0) is 21.8. The third kappa shape index (κ3) is 5.24. The molecule has 1 amide bonds. The zero-order valence-electron chi connectivity index (χ0n) is 18.0. The van der Waals surface area contributed by atoms with Crippen LogP contribution in [0.2, 0.25) is 0 Å². The summed E-state index contributed by atoms with van der Waals surface area (Å²) in [4.78, 5) is 15.4. The van der Waals surface area contributed by atoms with E-state index in [-0.39, 0.29) is 23.3 Å². The molecule has 1 aromatic carbocycles. The quantitative estimate of drug-likeness (QED) is 0.631. The Kier molecular flexibility index (Phi) is 7.20. The van der Waals surface area contributed by atoms with E-state index in [1.54, 1.807) is 18.2 Å². The Hall–Kier alpha value is -1.62. The number of hydrogen-bond donors (Lipinski definition) is 1. The number of likely N-dealkylation sites (tertiary alicyclic amines) is 1. The molecule has 0 saturated carbocycles. The van der Waals surface area contributed by atoms with Gasteiger partial charge in [0.15, 0.2) is 0 Å². The van der Waals surface area contributed by atoms with Crippen molar-refractivity contribution in [2.75, 3.05) is 39.3 Å². The van der Waals surface area contributed by atoms with Crippen molar-refractivity contribution in [1.29, 1.82) is 0 Å². The Labute approximate surface area is 188 Å². The smallest absolute Gasteiger partial charge is 0.245 e. The second kappa shape index (κ2) is 9.89. The van der Waals surface area contributed by atoms with Crippen LogP contribution in [-0.2, 0) is 14.8 Å². The van der Waals surface area contributed by atoms with Crippen LogP contribution in [0.5, 0.6) is 0 Å². The average Bonchev–Trinajstić information content (AvgIpc) is 3.25. The van der Waals surface area contributed by atoms with Crippen LogP contribution in [0.3, 0.4) is 0 Å². The molecule has 2 saturated heterocycles. The van der Waals surface area contributed by atoms with Crippen molar-refractivity contribution >= 4 is 38.7 Å². The predicted molar refractivity (Wildman–Crippen MR) is 121 cm³/mol. The molecule has 10 heteroatoms. The van der Waals surface area contributed by atoms with Gasteiger partial charge < -0.3 is 10.2 Å². The molecule has 0 spiro atoms. The van der Waals surface area contributed by atoms with Crippen LogP contribution in [0.15, 0.2) is 23.1 Å². The van der Waals surface area contributed by atoms with Gasteiger partial charge in [-0.1, -0.05) is 13.0 Å². The summed E-state index contributed by atoms with van der Waals surface area (Å²) in [6.07, 6.45) is 4.87. The molecule has 1 N–H and O–H groups in total. The van der Waals surface area contributed by atoms with Crippen LogP contribution >= 0.6 is 11.7 Å². The lowest BCUT2D eigenvalue weighted by molar-refractivity contribution is -0.126. The summed E-state index contributed by atoms with van der Waals surface area (Å²) in [6.45, 7) is 6.86. The maximum absolute atomic E-state index is 13.3. The van der Waals surface area contributed by atoms with Crippen LogP contribution in [0.1, 0.15) is 39.0 Å². The Morgan fingerprint density at radius 1 is 1.19 bits per heavy atom. The number of benzene rings is 1. The van der Waals surface area contributed by atoms with Crippen molar-refractivity contribution in [3.05, 3.63) is 18.2 Å². The number of hydrogen-bond acceptors (Lipinski definition) is 7. The summed E-state index contributed by atoms with van der Waals surface area (Å²) in [7, 11) is -3.72. The van der Waals surface area contributed by atoms with Crippen molar-refractivity contribution in [1.82, 2.24) is 23.3 Å². The summed E-state index contributed by atoms with van der Waals surface area (Å²) in [5.74, 6) is 0.399. The van der Waals surface area contributed by atoms with Gasteiger partial charge in [0, 0.05) is 26.2 Å². The highest BCUT2D eigenvalue weighted by molar-refractivity contribution is 7.89. The van der Waals surface area contributed by atoms with E-state index < -0.39 is 10.0 Å². The average molecular weight is 466 g/mol. The molecule has 0 unspecified atom stereocenters. The normalized spacial score (nSPS) is 23.8. The highest BCUT2D eigenvalue weighted by atomic mass is 32.2. The molecule has 2 aliphatic heterocycles. The first kappa shape index (κ1) is 22.6. The molecule has 3 heterocycles. The first-order chi connectivity index (χ1) is 14.9. The van der Waals surface area contributed by atoms with Crippen LogP contribution in [0.4, 0.5) is 0 Å². The SMILES string of the molecule is C[C@@H]1CCCN(CCCNC(=O)[C@H]2CCCN(S(=O)(=O)c3cccc4nsnc34)C2)C1. The van der Waals surface area contributed by atoms with Crippen molar-refractivity contribution in [2.24, 2.45) is 11.8 Å². The number of nitrogens with zero attached hydrogens (tertiary/aromatic N) is 4. The zero-order valence-corrected chi connectivity index (χ0v) is 19.6. The number of nitrogens with one attached hydrogen (secondary N) is 1. The second-order valence-corrected chi connectivity index (χ2v) is 11.2. The number of carbonyl (C=O) groups excluding carboxylic acids is 1. The number of fused-ring (bicyclic) bond motifs is 1. The van der Waals surface area contributed by atoms with Gasteiger partial charge in [-0.3, -0.25) is 4.79 Å². The molecule has 0 bridgehead atoms. The van der Waals surface area contributed by atoms with E-state index in [9.17, 15) is 13.2 Å². The summed E-state index contributed by atoms with van der Waals surface area (Å²) < 4.78 is 36.3. The topological polar surface area (TPSA) is 95.5 Å². The molecule has 31 heavy (non-hydrogen) atoms. The number of rotatable bonds is 7. The summed E-state index contributed by atoms with van der Waals surface area (Å²) >= 11 is 1.01. The largest absolute Gasteiger partial charge is 0.356 e. The van der Waals surface area contributed by atoms with E-state index in [0.29, 0.717) is 37.0 Å². The number of carbonyl (C=O) groups is 1. The van der Waals surface area contributed by atoms with E-state index in [1.807, 2.05) is 0 Å². The van der Waals surface area contributed by atoms with Crippen LogP contribution in [0, 0.1) is 11.8 Å². The van der Waals surface area contributed by atoms with Crippen molar-refractivity contribution in [3.63, 3.8) is 0 Å². The van der Waals surface area contributed by atoms with Crippen molar-refractivity contribution in [2.45, 2.75) is 43.9 Å². The van der Waals surface area contributed by atoms with Crippen molar-refractivity contribution < 1.29 is 13.2 Å². The lowest BCUT2D eigenvalue weighted by atomic mass is 9.99. The van der Waals surface area contributed by atoms with E-state index in [2.05, 4.69) is 25.9 Å². The minimum Gasteiger partial charge on any atom is -0.356 e. The lowest BCUT2D eigenvalue weighted by Crippen LogP contribution is -2.45. The first-order valence-electron chi connectivity index (χ1n) is 11.2. The second-order valence-electron chi connectivity index (χ2n) is 8.78. The fourth-order valence-electron chi connectivity index (χ4n) is 4.65. The van der Waals surface area contributed by atoms with E-state index >= 15 is 0 Å². The fraction of sp³-hybridized carbons (Fsp3) is 0.667. The minimum absolute atomic E-state index is 0.0413. The molecule has 2 atom stereocenters. The molecular formula is C21H31N5O3S2. The van der Waals surface area contributed by atoms with Crippen LogP contribution < -0.4 is 5.32 Å². The lowest BCUT2D eigenvalue weighted by Gasteiger charge is -2.32. The maximum Gasteiger partial charge on any atom is 0.245 e. The number of sulfonamides is 1. The van der Waals surface area contributed by atoms with Gasteiger partial charge in [0.25, 0.3) is 0 Å². The Balaban J connectivity index is 1.31. The van der Waals surface area contributed by atoms with Gasteiger partial charge in [0.1, 0.15) is 15.9 Å². The van der Waals surface area contributed by atoms with Gasteiger partial charge >= 0.3 is 0 Å². The van der Waals surface area contributed by atoms with E-state index in [4.69, 9.17) is 0 Å². The number of aromatic nitrogens is 2. The molecule has 8 nitrogen and oxygen atoms in total. The predicted octanol–water partition coefficient (Wildman–Crippen LogP) is 2.33. The summed E-state index contributed by atoms with van der Waals surface area (Å²) in [5.41, 5.74) is 0.992. The van der Waals surface area contributed by atoms with Gasteiger partial charge in [-0.25, -0.2) is 8.42 Å². The van der Waals surface area contributed by atoms with Gasteiger partial charge in [-0.2, -0.15) is 13.1 Å². The van der Waals surface area contributed by atoms with Gasteiger partial charge in [-0.15, -0.1) is 0 Å². The Morgan fingerprint density at radius 3 is 2.87 bits per heavy atom. The maximum atomic E-state index is 13.3. The first-order valence-corrected chi connectivity index (χ1v) is 13.3. The van der Waals surface area contributed by atoms with Gasteiger partial charge in [-0.05, 0) is 63.2 Å². The Bertz CT molecular complexity index is 1010. The molecule has 4 rings (SSSR count). The monoisotopic (exact) mass is 465 g/mol. The van der Waals surface area contributed by atoms with Gasteiger partial charge in [0.05, 0.1) is 17.6 Å². The third-order valence-electron chi connectivity index (χ3n) is 6.31. The molecule has 2 aliphatic rings. The molecule has 1 aromatic heterocycles. The van der Waals surface area contributed by atoms with E-state index in [0.717, 1.165) is 43.7 Å². The van der Waals surface area contributed by atoms with Crippen LogP contribution in [-0.4, -0.2) is 71.5 Å². The molecule has 170 valence electrons. The van der Waals surface area contributed by atoms with Crippen molar-refractivity contribution in [3.8, 4) is 0 Å². The fourth-order valence-corrected chi connectivity index (χ4v) is 6.93. The molecular weight excluding hydrogens is 434 g/mol. The molecule has 0 aliphatic carbocycles. The third-order valence-corrected chi connectivity index (χ3v) is 8.75. The number of amides is 1. The molecule has 0 radical (unpaired) electrons. The summed E-state index contributed by atoms with van der Waals surface area (Å²) in [6, 6.07) is 5.02. The van der Waals surface area contributed by atoms with Crippen LogP contribution in [0.25, 0.3) is 11.0 Å². The summed E-state index contributed by atoms with van der Waals surface area (Å²) in [5, 5.41) is 3.03. The molecule has 2 aromatic rings. The highest BCUT2D eigenvalue weighted by Gasteiger charge is 2.34. The highest BCUT2D eigenvalue weighted by Crippen LogP contribution is 2.28. The standard InChI is InChI=1S/C21H31N5O3S2/c1-16-6-3-11-25(14-16)12-5-10-22-21(27)17-7-4-13-26(15-17)31(28,29)19-9-2-8-18-20(19)24-30-23-18/h2,8-9,16-17H,3-7,10-15H2,1H3,(H,22,27)/t16-,17+/m1/s1. The van der Waals surface area contributed by atoms with E-state index in [1.165, 1.54) is 17.1 Å². The number of piperidine rings is 2. The molecule has 2 fully saturated rings. The minimum atomic E-state index is -3.72.